The average Bonchev–Trinajstić information content (AvgIpc) is 2.75. The van der Waals surface area contributed by atoms with Gasteiger partial charge in [0, 0.05) is 13.3 Å². The van der Waals surface area contributed by atoms with E-state index in [-0.39, 0.29) is 25.0 Å². The van der Waals surface area contributed by atoms with Crippen molar-refractivity contribution in [3.8, 4) is 0 Å². The molecule has 0 aliphatic carbocycles. The largest absolute Gasteiger partial charge is 0.463 e. The summed E-state index contributed by atoms with van der Waals surface area (Å²) < 4.78 is 16.0. The van der Waals surface area contributed by atoms with Crippen molar-refractivity contribution in [2.24, 2.45) is 0 Å². The predicted molar refractivity (Wildman–Crippen MR) is 61.4 cm³/mol. The van der Waals surface area contributed by atoms with Gasteiger partial charge in [-0.2, -0.15) is 0 Å². The van der Waals surface area contributed by atoms with Crippen LogP contribution in [0, 0.1) is 0 Å². The second-order valence-electron chi connectivity index (χ2n) is 4.01. The Hall–Kier alpha value is -1.39. The van der Waals surface area contributed by atoms with Crippen molar-refractivity contribution in [3.63, 3.8) is 0 Å². The molecule has 0 radical (unpaired) electrons. The van der Waals surface area contributed by atoms with Gasteiger partial charge in [-0.05, 0) is 5.56 Å². The fourth-order valence-electron chi connectivity index (χ4n) is 1.72. The van der Waals surface area contributed by atoms with Crippen LogP contribution >= 0.6 is 0 Å². The molecule has 1 aromatic rings. The second kappa shape index (κ2) is 5.80. The normalized spacial score (nSPS) is 23.6. The number of carbonyl (C=O) groups excluding carboxylic acids is 1. The molecule has 17 heavy (non-hydrogen) atoms. The lowest BCUT2D eigenvalue weighted by Gasteiger charge is -2.11. The molecular weight excluding hydrogens is 220 g/mol. The van der Waals surface area contributed by atoms with E-state index in [9.17, 15) is 4.79 Å². The summed E-state index contributed by atoms with van der Waals surface area (Å²) in [6.07, 6.45) is 0.336. The van der Waals surface area contributed by atoms with Crippen LogP contribution in [0.25, 0.3) is 0 Å². The van der Waals surface area contributed by atoms with E-state index in [1.54, 1.807) is 0 Å². The Bertz CT molecular complexity index is 363. The van der Waals surface area contributed by atoms with Crippen LogP contribution in [0.15, 0.2) is 30.3 Å². The molecule has 0 amide bonds. The molecule has 0 spiro atoms. The lowest BCUT2D eigenvalue weighted by molar-refractivity contribution is -0.145. The third-order valence-electron chi connectivity index (χ3n) is 2.53. The van der Waals surface area contributed by atoms with E-state index in [2.05, 4.69) is 0 Å². The average molecular weight is 236 g/mol. The SMILES string of the molecule is CC(=O)OC[C@H]1CO[C@H](Cc2ccccc2)O1. The summed E-state index contributed by atoms with van der Waals surface area (Å²) in [6, 6.07) is 10.0. The van der Waals surface area contributed by atoms with Crippen LogP contribution in [0.2, 0.25) is 0 Å². The molecule has 4 heteroatoms. The zero-order valence-electron chi connectivity index (χ0n) is 9.80. The summed E-state index contributed by atoms with van der Waals surface area (Å²) in [5.41, 5.74) is 1.17. The lowest BCUT2D eigenvalue weighted by atomic mass is 10.1. The number of hydrogen-bond donors (Lipinski definition) is 0. The Balaban J connectivity index is 1.76. The van der Waals surface area contributed by atoms with E-state index in [1.807, 2.05) is 30.3 Å². The molecular formula is C13H16O4. The van der Waals surface area contributed by atoms with E-state index in [4.69, 9.17) is 14.2 Å². The zero-order valence-corrected chi connectivity index (χ0v) is 9.80. The molecule has 2 rings (SSSR count). The van der Waals surface area contributed by atoms with Crippen molar-refractivity contribution >= 4 is 5.97 Å². The standard InChI is InChI=1S/C13H16O4/c1-10(14)15-8-12-9-16-13(17-12)7-11-5-3-2-4-6-11/h2-6,12-13H,7-9H2,1H3/t12-,13-/m0/s1. The monoisotopic (exact) mass is 236 g/mol. The summed E-state index contributed by atoms with van der Waals surface area (Å²) in [4.78, 5) is 10.7. The van der Waals surface area contributed by atoms with Crippen LogP contribution in [0.5, 0.6) is 0 Å². The minimum atomic E-state index is -0.292. The second-order valence-corrected chi connectivity index (χ2v) is 4.01. The highest BCUT2D eigenvalue weighted by atomic mass is 16.7. The van der Waals surface area contributed by atoms with Crippen LogP contribution in [-0.2, 0) is 25.4 Å². The number of benzene rings is 1. The molecule has 0 N–H and O–H groups in total. The number of ether oxygens (including phenoxy) is 3. The first-order chi connectivity index (χ1) is 8.24. The maximum absolute atomic E-state index is 10.7. The Morgan fingerprint density at radius 2 is 2.18 bits per heavy atom. The maximum Gasteiger partial charge on any atom is 0.302 e. The minimum absolute atomic E-state index is 0.146. The Morgan fingerprint density at radius 1 is 1.41 bits per heavy atom. The fourth-order valence-corrected chi connectivity index (χ4v) is 1.72. The van der Waals surface area contributed by atoms with Crippen molar-refractivity contribution < 1.29 is 19.0 Å². The minimum Gasteiger partial charge on any atom is -0.463 e. The number of rotatable bonds is 4. The van der Waals surface area contributed by atoms with E-state index in [0.29, 0.717) is 6.61 Å². The molecule has 1 saturated heterocycles. The Kier molecular flexibility index (Phi) is 4.12. The van der Waals surface area contributed by atoms with Gasteiger partial charge < -0.3 is 14.2 Å². The van der Waals surface area contributed by atoms with Gasteiger partial charge in [-0.3, -0.25) is 4.79 Å². The number of carbonyl (C=O) groups is 1. The third kappa shape index (κ3) is 3.84. The van der Waals surface area contributed by atoms with E-state index in [1.165, 1.54) is 12.5 Å². The topological polar surface area (TPSA) is 44.8 Å². The molecule has 1 aliphatic rings. The summed E-state index contributed by atoms with van der Waals surface area (Å²) in [6.45, 7) is 2.13. The van der Waals surface area contributed by atoms with Crippen LogP contribution < -0.4 is 0 Å². The Labute approximate surface area is 100 Å². The van der Waals surface area contributed by atoms with E-state index in [0.717, 1.165) is 6.42 Å². The first-order valence-corrected chi connectivity index (χ1v) is 5.68. The fraction of sp³-hybridized carbons (Fsp3) is 0.462. The Morgan fingerprint density at radius 3 is 2.88 bits per heavy atom. The van der Waals surface area contributed by atoms with Crippen molar-refractivity contribution in [2.75, 3.05) is 13.2 Å². The summed E-state index contributed by atoms with van der Waals surface area (Å²) in [7, 11) is 0. The maximum atomic E-state index is 10.7. The third-order valence-corrected chi connectivity index (χ3v) is 2.53. The van der Waals surface area contributed by atoms with Crippen LogP contribution in [0.4, 0.5) is 0 Å². The van der Waals surface area contributed by atoms with Gasteiger partial charge in [0.1, 0.15) is 12.7 Å². The zero-order chi connectivity index (χ0) is 12.1. The molecule has 1 aromatic carbocycles. The first-order valence-electron chi connectivity index (χ1n) is 5.68. The molecule has 92 valence electrons. The van der Waals surface area contributed by atoms with Gasteiger partial charge in [-0.25, -0.2) is 0 Å². The predicted octanol–water partition coefficient (Wildman–Crippen LogP) is 1.53. The van der Waals surface area contributed by atoms with Gasteiger partial charge in [0.15, 0.2) is 6.29 Å². The molecule has 1 fully saturated rings. The smallest absolute Gasteiger partial charge is 0.302 e. The molecule has 1 heterocycles. The summed E-state index contributed by atoms with van der Waals surface area (Å²) in [5, 5.41) is 0. The number of esters is 1. The van der Waals surface area contributed by atoms with Crippen LogP contribution in [-0.4, -0.2) is 31.6 Å². The van der Waals surface area contributed by atoms with Gasteiger partial charge in [-0.1, -0.05) is 30.3 Å². The first kappa shape index (κ1) is 12.1. The molecule has 0 aromatic heterocycles. The van der Waals surface area contributed by atoms with Crippen LogP contribution in [0.3, 0.4) is 0 Å². The highest BCUT2D eigenvalue weighted by molar-refractivity contribution is 5.65. The molecule has 1 aliphatic heterocycles. The highest BCUT2D eigenvalue weighted by Crippen LogP contribution is 2.16. The quantitative estimate of drug-likeness (QED) is 0.744. The van der Waals surface area contributed by atoms with E-state index >= 15 is 0 Å². The molecule has 0 bridgehead atoms. The molecule has 0 unspecified atom stereocenters. The van der Waals surface area contributed by atoms with Gasteiger partial charge >= 0.3 is 5.97 Å². The van der Waals surface area contributed by atoms with Crippen LogP contribution in [0.1, 0.15) is 12.5 Å². The summed E-state index contributed by atoms with van der Waals surface area (Å²) in [5.74, 6) is -0.292. The van der Waals surface area contributed by atoms with Gasteiger partial charge in [0.25, 0.3) is 0 Å². The lowest BCUT2D eigenvalue weighted by Crippen LogP contribution is -2.21. The van der Waals surface area contributed by atoms with Gasteiger partial charge in [0.2, 0.25) is 0 Å². The van der Waals surface area contributed by atoms with Crippen molar-refractivity contribution in [1.29, 1.82) is 0 Å². The van der Waals surface area contributed by atoms with Crippen molar-refractivity contribution in [3.05, 3.63) is 35.9 Å². The van der Waals surface area contributed by atoms with Gasteiger partial charge in [0.05, 0.1) is 6.61 Å². The van der Waals surface area contributed by atoms with Crippen molar-refractivity contribution in [1.82, 2.24) is 0 Å². The number of hydrogen-bond acceptors (Lipinski definition) is 4. The molecule has 2 atom stereocenters. The molecule has 0 saturated carbocycles. The van der Waals surface area contributed by atoms with Gasteiger partial charge in [-0.15, -0.1) is 0 Å². The molecule has 4 nitrogen and oxygen atoms in total. The van der Waals surface area contributed by atoms with E-state index < -0.39 is 0 Å². The summed E-state index contributed by atoms with van der Waals surface area (Å²) >= 11 is 0. The van der Waals surface area contributed by atoms with Crippen molar-refractivity contribution in [2.45, 2.75) is 25.7 Å². The highest BCUT2D eigenvalue weighted by Gasteiger charge is 2.26.